The Balaban J connectivity index is 1.80. The first-order valence-electron chi connectivity index (χ1n) is 5.98. The quantitative estimate of drug-likeness (QED) is 0.814. The molecule has 1 aliphatic carbocycles. The van der Waals surface area contributed by atoms with E-state index in [1.54, 1.807) is 0 Å². The van der Waals surface area contributed by atoms with Gasteiger partial charge in [-0.15, -0.1) is 0 Å². The van der Waals surface area contributed by atoms with Gasteiger partial charge in [0.15, 0.2) is 0 Å². The average molecular weight is 283 g/mol. The maximum absolute atomic E-state index is 5.84. The van der Waals surface area contributed by atoms with Crippen molar-refractivity contribution in [3.8, 4) is 0 Å². The predicted octanol–water partition coefficient (Wildman–Crippen LogP) is 3.31. The van der Waals surface area contributed by atoms with Crippen LogP contribution >= 0.6 is 15.9 Å². The Kier molecular flexibility index (Phi) is 3.87. The molecule has 16 heavy (non-hydrogen) atoms. The highest BCUT2D eigenvalue weighted by molar-refractivity contribution is 9.10. The van der Waals surface area contributed by atoms with Crippen molar-refractivity contribution in [1.82, 2.24) is 5.32 Å². The van der Waals surface area contributed by atoms with Gasteiger partial charge in [0.1, 0.15) is 0 Å². The van der Waals surface area contributed by atoms with Crippen molar-refractivity contribution in [2.75, 3.05) is 5.73 Å². The lowest BCUT2D eigenvalue weighted by atomic mass is 10.2. The SMILES string of the molecule is CCCC1CC1NCc1ccc(Br)c(N)c1. The lowest BCUT2D eigenvalue weighted by molar-refractivity contribution is 0.599. The van der Waals surface area contributed by atoms with Gasteiger partial charge >= 0.3 is 0 Å². The number of hydrogen-bond donors (Lipinski definition) is 2. The summed E-state index contributed by atoms with van der Waals surface area (Å²) in [6.07, 6.45) is 4.01. The van der Waals surface area contributed by atoms with Gasteiger partial charge in [0.2, 0.25) is 0 Å². The predicted molar refractivity (Wildman–Crippen MR) is 72.2 cm³/mol. The zero-order chi connectivity index (χ0) is 11.5. The van der Waals surface area contributed by atoms with E-state index in [4.69, 9.17) is 5.73 Å². The fraction of sp³-hybridized carbons (Fsp3) is 0.538. The lowest BCUT2D eigenvalue weighted by Gasteiger charge is -2.06. The third-order valence-electron chi connectivity index (χ3n) is 3.21. The van der Waals surface area contributed by atoms with Crippen LogP contribution in [0.25, 0.3) is 0 Å². The molecule has 0 heterocycles. The Morgan fingerprint density at radius 1 is 1.50 bits per heavy atom. The molecule has 1 fully saturated rings. The van der Waals surface area contributed by atoms with Crippen LogP contribution in [-0.2, 0) is 6.54 Å². The number of anilines is 1. The van der Waals surface area contributed by atoms with Crippen LogP contribution in [0.5, 0.6) is 0 Å². The molecular weight excluding hydrogens is 264 g/mol. The van der Waals surface area contributed by atoms with Crippen molar-refractivity contribution in [2.45, 2.75) is 38.8 Å². The largest absolute Gasteiger partial charge is 0.398 e. The number of nitrogen functional groups attached to an aromatic ring is 1. The Labute approximate surface area is 106 Å². The van der Waals surface area contributed by atoms with Crippen molar-refractivity contribution < 1.29 is 0 Å². The summed E-state index contributed by atoms with van der Waals surface area (Å²) in [6.45, 7) is 3.19. The minimum Gasteiger partial charge on any atom is -0.398 e. The third-order valence-corrected chi connectivity index (χ3v) is 3.93. The summed E-state index contributed by atoms with van der Waals surface area (Å²) in [4.78, 5) is 0. The lowest BCUT2D eigenvalue weighted by Crippen LogP contribution is -2.17. The number of halogens is 1. The van der Waals surface area contributed by atoms with Crippen LogP contribution < -0.4 is 11.1 Å². The molecule has 3 heteroatoms. The molecule has 3 N–H and O–H groups in total. The first-order chi connectivity index (χ1) is 7.70. The van der Waals surface area contributed by atoms with Crippen LogP contribution in [0, 0.1) is 5.92 Å². The van der Waals surface area contributed by atoms with Crippen molar-refractivity contribution >= 4 is 21.6 Å². The molecule has 1 aliphatic rings. The minimum absolute atomic E-state index is 0.741. The zero-order valence-corrected chi connectivity index (χ0v) is 11.3. The number of hydrogen-bond acceptors (Lipinski definition) is 2. The van der Waals surface area contributed by atoms with E-state index in [0.717, 1.165) is 28.7 Å². The standard InChI is InChI=1S/C13H19BrN2/c1-2-3-10-7-13(10)16-8-9-4-5-11(14)12(15)6-9/h4-6,10,13,16H,2-3,7-8,15H2,1H3. The maximum Gasteiger partial charge on any atom is 0.0461 e. The number of nitrogens with two attached hydrogens (primary N) is 1. The summed E-state index contributed by atoms with van der Waals surface area (Å²) in [5, 5.41) is 3.58. The van der Waals surface area contributed by atoms with Crippen LogP contribution in [0.15, 0.2) is 22.7 Å². The topological polar surface area (TPSA) is 38.0 Å². The second kappa shape index (κ2) is 5.19. The molecule has 2 atom stereocenters. The van der Waals surface area contributed by atoms with E-state index in [1.807, 2.05) is 12.1 Å². The fourth-order valence-corrected chi connectivity index (χ4v) is 2.39. The first-order valence-corrected chi connectivity index (χ1v) is 6.77. The van der Waals surface area contributed by atoms with Gasteiger partial charge in [-0.1, -0.05) is 19.4 Å². The van der Waals surface area contributed by atoms with Crippen LogP contribution in [0.4, 0.5) is 5.69 Å². The highest BCUT2D eigenvalue weighted by atomic mass is 79.9. The van der Waals surface area contributed by atoms with Gasteiger partial charge in [0, 0.05) is 22.7 Å². The van der Waals surface area contributed by atoms with Crippen molar-refractivity contribution in [3.05, 3.63) is 28.2 Å². The molecule has 88 valence electrons. The van der Waals surface area contributed by atoms with Crippen LogP contribution in [0.1, 0.15) is 31.7 Å². The van der Waals surface area contributed by atoms with E-state index in [9.17, 15) is 0 Å². The number of benzene rings is 1. The van der Waals surface area contributed by atoms with Crippen molar-refractivity contribution in [1.29, 1.82) is 0 Å². The van der Waals surface area contributed by atoms with E-state index >= 15 is 0 Å². The van der Waals surface area contributed by atoms with Crippen LogP contribution in [-0.4, -0.2) is 6.04 Å². The molecule has 0 spiro atoms. The molecule has 2 rings (SSSR count). The molecule has 1 aromatic rings. The molecule has 0 bridgehead atoms. The summed E-state index contributed by atoms with van der Waals surface area (Å²) in [5.41, 5.74) is 7.93. The fourth-order valence-electron chi connectivity index (χ4n) is 2.14. The Hall–Kier alpha value is -0.540. The summed E-state index contributed by atoms with van der Waals surface area (Å²) in [7, 11) is 0. The molecule has 1 saturated carbocycles. The van der Waals surface area contributed by atoms with Gasteiger partial charge < -0.3 is 11.1 Å². The molecule has 0 saturated heterocycles. The normalized spacial score (nSPS) is 23.4. The zero-order valence-electron chi connectivity index (χ0n) is 9.67. The van der Waals surface area contributed by atoms with E-state index in [2.05, 4.69) is 34.2 Å². The van der Waals surface area contributed by atoms with Gasteiger partial charge in [-0.05, 0) is 52.4 Å². The van der Waals surface area contributed by atoms with Gasteiger partial charge in [0.05, 0.1) is 0 Å². The second-order valence-corrected chi connectivity index (χ2v) is 5.48. The summed E-state index contributed by atoms with van der Waals surface area (Å²) in [6, 6.07) is 6.91. The smallest absolute Gasteiger partial charge is 0.0461 e. The molecule has 2 unspecified atom stereocenters. The van der Waals surface area contributed by atoms with Gasteiger partial charge in [-0.25, -0.2) is 0 Å². The van der Waals surface area contributed by atoms with E-state index < -0.39 is 0 Å². The molecule has 1 aromatic carbocycles. The molecule has 0 amide bonds. The average Bonchev–Trinajstić information content (AvgIpc) is 2.99. The van der Waals surface area contributed by atoms with Crippen molar-refractivity contribution in [3.63, 3.8) is 0 Å². The number of nitrogens with one attached hydrogen (secondary N) is 1. The first kappa shape index (κ1) is 11.9. The summed E-state index contributed by atoms with van der Waals surface area (Å²) < 4.78 is 0.978. The molecular formula is C13H19BrN2. The Morgan fingerprint density at radius 3 is 3.00 bits per heavy atom. The highest BCUT2D eigenvalue weighted by Crippen LogP contribution is 2.34. The van der Waals surface area contributed by atoms with Gasteiger partial charge in [0.25, 0.3) is 0 Å². The highest BCUT2D eigenvalue weighted by Gasteiger charge is 2.35. The number of rotatable bonds is 5. The van der Waals surface area contributed by atoms with E-state index in [-0.39, 0.29) is 0 Å². The molecule has 0 aliphatic heterocycles. The van der Waals surface area contributed by atoms with Crippen LogP contribution in [0.2, 0.25) is 0 Å². The van der Waals surface area contributed by atoms with Gasteiger partial charge in [-0.3, -0.25) is 0 Å². The Morgan fingerprint density at radius 2 is 2.31 bits per heavy atom. The molecule has 0 radical (unpaired) electrons. The molecule has 2 nitrogen and oxygen atoms in total. The summed E-state index contributed by atoms with van der Waals surface area (Å²) >= 11 is 3.41. The minimum atomic E-state index is 0.741. The summed E-state index contributed by atoms with van der Waals surface area (Å²) in [5.74, 6) is 0.915. The van der Waals surface area contributed by atoms with Crippen LogP contribution in [0.3, 0.4) is 0 Å². The second-order valence-electron chi connectivity index (χ2n) is 4.63. The monoisotopic (exact) mass is 282 g/mol. The third kappa shape index (κ3) is 2.98. The Bertz CT molecular complexity index is 365. The maximum atomic E-state index is 5.84. The van der Waals surface area contributed by atoms with Gasteiger partial charge in [-0.2, -0.15) is 0 Å². The van der Waals surface area contributed by atoms with Crippen molar-refractivity contribution in [2.24, 2.45) is 5.92 Å². The van der Waals surface area contributed by atoms with E-state index in [1.165, 1.54) is 24.8 Å². The van der Waals surface area contributed by atoms with E-state index in [0.29, 0.717) is 0 Å². The molecule has 0 aromatic heterocycles.